The largest absolute Gasteiger partial charge is 0.396 e. The molecule has 14 heavy (non-hydrogen) atoms. The van der Waals surface area contributed by atoms with E-state index in [4.69, 9.17) is 0 Å². The fraction of sp³-hybridized carbons (Fsp3) is 0.222. The Bertz CT molecular complexity index is 493. The molecular weight excluding hydrogens is 182 g/mol. The molecule has 2 rings (SSSR count). The molecule has 0 aliphatic rings. The van der Waals surface area contributed by atoms with Gasteiger partial charge in [0.05, 0.1) is 5.39 Å². The van der Waals surface area contributed by atoms with Crippen molar-refractivity contribution < 1.29 is 4.84 Å². The molecule has 5 heteroatoms. The van der Waals surface area contributed by atoms with Crippen LogP contribution in [0.3, 0.4) is 0 Å². The van der Waals surface area contributed by atoms with Crippen LogP contribution < -0.4 is 10.4 Å². The zero-order valence-electron chi connectivity index (χ0n) is 6.97. The van der Waals surface area contributed by atoms with Crippen LogP contribution >= 0.6 is 0 Å². The van der Waals surface area contributed by atoms with Gasteiger partial charge in [0.1, 0.15) is 12.6 Å². The van der Waals surface area contributed by atoms with Crippen molar-refractivity contribution in [1.29, 1.82) is 0 Å². The molecule has 0 radical (unpaired) electrons. The molecule has 0 aliphatic heterocycles. The molecule has 1 heterocycles. The fourth-order valence-electron chi connectivity index (χ4n) is 1.09. The Labute approximate surface area is 80.9 Å². The topological polar surface area (TPSA) is 57.0 Å². The standard InChI is InChI=1S/C8H7N3O2.CH4/c1-13-11-8(12)6-4-2-3-5-7(6)9-10-11;/h2-5H,1H3;1H4. The molecule has 0 unspecified atom stereocenters. The lowest BCUT2D eigenvalue weighted by molar-refractivity contribution is 0.115. The van der Waals surface area contributed by atoms with Crippen molar-refractivity contribution in [3.63, 3.8) is 0 Å². The summed E-state index contributed by atoms with van der Waals surface area (Å²) in [7, 11) is 1.37. The summed E-state index contributed by atoms with van der Waals surface area (Å²) < 4.78 is 0. The van der Waals surface area contributed by atoms with E-state index in [1.54, 1.807) is 24.3 Å². The van der Waals surface area contributed by atoms with E-state index in [0.29, 0.717) is 10.9 Å². The van der Waals surface area contributed by atoms with Crippen LogP contribution in [0.4, 0.5) is 0 Å². The smallest absolute Gasteiger partial charge is 0.314 e. The first-order valence-electron chi connectivity index (χ1n) is 3.72. The van der Waals surface area contributed by atoms with Crippen molar-refractivity contribution in [2.75, 3.05) is 7.11 Å². The second-order valence-corrected chi connectivity index (χ2v) is 2.47. The number of nitrogens with zero attached hydrogens (tertiary/aromatic N) is 3. The van der Waals surface area contributed by atoms with E-state index in [2.05, 4.69) is 15.1 Å². The van der Waals surface area contributed by atoms with Gasteiger partial charge in [-0.05, 0) is 22.2 Å². The van der Waals surface area contributed by atoms with E-state index in [1.807, 2.05) is 0 Å². The van der Waals surface area contributed by atoms with E-state index < -0.39 is 0 Å². The highest BCUT2D eigenvalue weighted by atomic mass is 16.7. The summed E-state index contributed by atoms with van der Waals surface area (Å²) in [5.74, 6) is 0. The van der Waals surface area contributed by atoms with Gasteiger partial charge >= 0.3 is 5.56 Å². The van der Waals surface area contributed by atoms with Crippen LogP contribution in [0.5, 0.6) is 0 Å². The predicted molar refractivity (Wildman–Crippen MR) is 53.0 cm³/mol. The Balaban J connectivity index is 0.000000980. The van der Waals surface area contributed by atoms with Gasteiger partial charge in [0.25, 0.3) is 0 Å². The van der Waals surface area contributed by atoms with Crippen molar-refractivity contribution in [2.45, 2.75) is 7.43 Å². The summed E-state index contributed by atoms with van der Waals surface area (Å²) in [5.41, 5.74) is 0.272. The second-order valence-electron chi connectivity index (χ2n) is 2.47. The number of hydrogen-bond acceptors (Lipinski definition) is 4. The fourth-order valence-corrected chi connectivity index (χ4v) is 1.09. The van der Waals surface area contributed by atoms with Crippen molar-refractivity contribution in [3.05, 3.63) is 34.6 Å². The molecule has 2 aromatic rings. The molecule has 0 N–H and O–H groups in total. The summed E-state index contributed by atoms with van der Waals surface area (Å²) in [4.78, 5) is 17.0. The molecule has 0 saturated carbocycles. The molecule has 1 aromatic carbocycles. The molecule has 0 bridgehead atoms. The molecule has 5 nitrogen and oxygen atoms in total. The molecule has 0 fully saturated rings. The van der Waals surface area contributed by atoms with E-state index in [0.717, 1.165) is 4.85 Å². The first-order valence-corrected chi connectivity index (χ1v) is 3.72. The summed E-state index contributed by atoms with van der Waals surface area (Å²) >= 11 is 0. The molecule has 0 amide bonds. The predicted octanol–water partition coefficient (Wildman–Crippen LogP) is 0.486. The molecule has 0 atom stereocenters. The van der Waals surface area contributed by atoms with E-state index >= 15 is 0 Å². The average Bonchev–Trinajstić information content (AvgIpc) is 2.19. The lowest BCUT2D eigenvalue weighted by atomic mass is 10.2. The van der Waals surface area contributed by atoms with E-state index in [-0.39, 0.29) is 13.0 Å². The third kappa shape index (κ3) is 1.44. The zero-order chi connectivity index (χ0) is 9.26. The Morgan fingerprint density at radius 2 is 2.07 bits per heavy atom. The first-order chi connectivity index (χ1) is 6.33. The van der Waals surface area contributed by atoms with Crippen LogP contribution in [0, 0.1) is 0 Å². The van der Waals surface area contributed by atoms with Crippen LogP contribution in [0.2, 0.25) is 0 Å². The van der Waals surface area contributed by atoms with Crippen LogP contribution in [-0.2, 0) is 0 Å². The summed E-state index contributed by atoms with van der Waals surface area (Å²) in [6.45, 7) is 0. The third-order valence-electron chi connectivity index (χ3n) is 1.71. The highest BCUT2D eigenvalue weighted by Crippen LogP contribution is 2.02. The minimum atomic E-state index is -0.298. The Morgan fingerprint density at radius 3 is 2.79 bits per heavy atom. The quantitative estimate of drug-likeness (QED) is 0.661. The number of hydrogen-bond donors (Lipinski definition) is 0. The zero-order valence-corrected chi connectivity index (χ0v) is 6.97. The molecule has 0 aliphatic carbocycles. The minimum absolute atomic E-state index is 0. The second kappa shape index (κ2) is 3.87. The Kier molecular flexibility index (Phi) is 2.81. The number of benzene rings is 1. The highest BCUT2D eigenvalue weighted by molar-refractivity contribution is 5.76. The SMILES string of the molecule is C.COn1nnc2ccccc2c1=O. The van der Waals surface area contributed by atoms with Crippen molar-refractivity contribution in [2.24, 2.45) is 0 Å². The molecule has 1 aromatic heterocycles. The van der Waals surface area contributed by atoms with Crippen molar-refractivity contribution in [3.8, 4) is 0 Å². The van der Waals surface area contributed by atoms with Crippen LogP contribution in [0.15, 0.2) is 29.1 Å². The highest BCUT2D eigenvalue weighted by Gasteiger charge is 2.02. The van der Waals surface area contributed by atoms with Gasteiger partial charge in [-0.3, -0.25) is 4.79 Å². The van der Waals surface area contributed by atoms with Crippen LogP contribution in [-0.4, -0.2) is 22.3 Å². The van der Waals surface area contributed by atoms with Gasteiger partial charge in [0, 0.05) is 0 Å². The normalized spacial score (nSPS) is 9.50. The lowest BCUT2D eigenvalue weighted by Gasteiger charge is -2.00. The summed E-state index contributed by atoms with van der Waals surface area (Å²) in [6.07, 6.45) is 0. The lowest BCUT2D eigenvalue weighted by Crippen LogP contribution is -2.28. The van der Waals surface area contributed by atoms with Gasteiger partial charge in [-0.1, -0.05) is 19.6 Å². The number of fused-ring (bicyclic) bond motifs is 1. The van der Waals surface area contributed by atoms with E-state index in [1.165, 1.54) is 7.11 Å². The van der Waals surface area contributed by atoms with Gasteiger partial charge in [-0.15, -0.1) is 5.10 Å². The summed E-state index contributed by atoms with van der Waals surface area (Å²) in [6, 6.07) is 6.98. The minimum Gasteiger partial charge on any atom is -0.396 e. The Morgan fingerprint density at radius 1 is 1.36 bits per heavy atom. The number of aromatic nitrogens is 3. The molecule has 0 spiro atoms. The van der Waals surface area contributed by atoms with Gasteiger partial charge in [-0.2, -0.15) is 0 Å². The van der Waals surface area contributed by atoms with Gasteiger partial charge in [0.2, 0.25) is 0 Å². The van der Waals surface area contributed by atoms with Gasteiger partial charge < -0.3 is 4.84 Å². The van der Waals surface area contributed by atoms with Crippen molar-refractivity contribution >= 4 is 10.9 Å². The average molecular weight is 193 g/mol. The van der Waals surface area contributed by atoms with E-state index in [9.17, 15) is 4.79 Å². The van der Waals surface area contributed by atoms with Crippen molar-refractivity contribution in [1.82, 2.24) is 15.2 Å². The maximum Gasteiger partial charge on any atom is 0.314 e. The third-order valence-corrected chi connectivity index (χ3v) is 1.71. The molecular formula is C9H11N3O2. The van der Waals surface area contributed by atoms with Gasteiger partial charge in [-0.25, -0.2) is 0 Å². The summed E-state index contributed by atoms with van der Waals surface area (Å²) in [5, 5.41) is 7.86. The Hall–Kier alpha value is -1.91. The maximum absolute atomic E-state index is 11.5. The van der Waals surface area contributed by atoms with Crippen LogP contribution in [0.25, 0.3) is 10.9 Å². The monoisotopic (exact) mass is 193 g/mol. The molecule has 0 saturated heterocycles. The van der Waals surface area contributed by atoms with Gasteiger partial charge in [0.15, 0.2) is 0 Å². The first kappa shape index (κ1) is 10.2. The maximum atomic E-state index is 11.5. The number of rotatable bonds is 1. The molecule has 74 valence electrons. The van der Waals surface area contributed by atoms with Crippen LogP contribution in [0.1, 0.15) is 7.43 Å².